The Morgan fingerprint density at radius 1 is 0.963 bits per heavy atom. The van der Waals surface area contributed by atoms with Crippen LogP contribution in [0.2, 0.25) is 0 Å². The molecule has 10 heteroatoms. The fourth-order valence-corrected chi connectivity index (χ4v) is 2.18. The molecule has 1 unspecified atom stereocenters. The van der Waals surface area contributed by atoms with Gasteiger partial charge in [0.1, 0.15) is 6.61 Å². The van der Waals surface area contributed by atoms with Crippen molar-refractivity contribution >= 4 is 11.9 Å². The number of ether oxygens (including phenoxy) is 2. The highest BCUT2D eigenvalue weighted by atomic mass is 19.4. The van der Waals surface area contributed by atoms with Crippen LogP contribution in [-0.4, -0.2) is 37.0 Å². The second kappa shape index (κ2) is 9.64. The zero-order chi connectivity index (χ0) is 21.6. The molecule has 0 spiro atoms. The van der Waals surface area contributed by atoms with E-state index in [2.05, 4.69) is 4.74 Å². The fourth-order valence-electron chi connectivity index (χ4n) is 2.18. The Kier molecular flexibility index (Phi) is 9.11. The van der Waals surface area contributed by atoms with E-state index in [0.29, 0.717) is 6.42 Å². The van der Waals surface area contributed by atoms with Crippen molar-refractivity contribution in [3.05, 3.63) is 0 Å². The van der Waals surface area contributed by atoms with Crippen LogP contribution >= 0.6 is 0 Å². The van der Waals surface area contributed by atoms with E-state index in [-0.39, 0.29) is 11.3 Å². The van der Waals surface area contributed by atoms with Gasteiger partial charge in [-0.2, -0.15) is 26.3 Å². The molecule has 0 saturated heterocycles. The summed E-state index contributed by atoms with van der Waals surface area (Å²) in [6, 6.07) is 0. The smallest absolute Gasteiger partial charge is 0.434 e. The van der Waals surface area contributed by atoms with E-state index in [9.17, 15) is 35.9 Å². The minimum absolute atomic E-state index is 0.0879. The second-order valence-electron chi connectivity index (χ2n) is 7.44. The van der Waals surface area contributed by atoms with Crippen LogP contribution < -0.4 is 0 Å². The lowest BCUT2D eigenvalue weighted by molar-refractivity contribution is -0.313. The minimum atomic E-state index is -5.78. The van der Waals surface area contributed by atoms with Crippen molar-refractivity contribution in [2.75, 3.05) is 6.61 Å². The quantitative estimate of drug-likeness (QED) is 0.396. The molecule has 0 aliphatic carbocycles. The Morgan fingerprint density at radius 2 is 1.44 bits per heavy atom. The number of rotatable bonds is 9. The summed E-state index contributed by atoms with van der Waals surface area (Å²) in [5.74, 6) is -3.00. The zero-order valence-corrected chi connectivity index (χ0v) is 16.0. The summed E-state index contributed by atoms with van der Waals surface area (Å²) in [7, 11) is 0. The molecule has 160 valence electrons. The molecule has 0 radical (unpaired) electrons. The highest BCUT2D eigenvalue weighted by molar-refractivity contribution is 5.74. The SMILES string of the molecule is CCC(C)(C)CC(C(=O)OCCC(=O)OC(C(F)(F)F)C(F)(F)F)C(C)C. The second-order valence-corrected chi connectivity index (χ2v) is 7.44. The molecule has 0 aliphatic heterocycles. The molecule has 0 N–H and O–H groups in total. The van der Waals surface area contributed by atoms with Gasteiger partial charge in [0.15, 0.2) is 0 Å². The maximum Gasteiger partial charge on any atom is 0.434 e. The summed E-state index contributed by atoms with van der Waals surface area (Å²) in [5.41, 5.74) is -0.153. The van der Waals surface area contributed by atoms with E-state index in [0.717, 1.165) is 6.42 Å². The van der Waals surface area contributed by atoms with Crippen LogP contribution in [0.4, 0.5) is 26.3 Å². The van der Waals surface area contributed by atoms with E-state index in [1.165, 1.54) is 0 Å². The number of esters is 2. The summed E-state index contributed by atoms with van der Waals surface area (Å²) < 4.78 is 82.3. The molecule has 4 nitrogen and oxygen atoms in total. The van der Waals surface area contributed by atoms with Crippen molar-refractivity contribution in [2.24, 2.45) is 17.3 Å². The lowest BCUT2D eigenvalue weighted by Crippen LogP contribution is -2.45. The van der Waals surface area contributed by atoms with Gasteiger partial charge in [-0.05, 0) is 17.8 Å². The molecular weight excluding hydrogens is 382 g/mol. The normalized spacial score (nSPS) is 14.4. The number of hydrogen-bond acceptors (Lipinski definition) is 4. The van der Waals surface area contributed by atoms with E-state index in [4.69, 9.17) is 4.74 Å². The molecule has 0 amide bonds. The van der Waals surface area contributed by atoms with Crippen molar-refractivity contribution in [1.82, 2.24) is 0 Å². The topological polar surface area (TPSA) is 52.6 Å². The highest BCUT2D eigenvalue weighted by Crippen LogP contribution is 2.36. The molecule has 27 heavy (non-hydrogen) atoms. The maximum atomic E-state index is 12.3. The number of hydrogen-bond donors (Lipinski definition) is 0. The first-order chi connectivity index (χ1) is 12.0. The van der Waals surface area contributed by atoms with Gasteiger partial charge in [-0.1, -0.05) is 41.0 Å². The first kappa shape index (κ1) is 25.5. The third-order valence-corrected chi connectivity index (χ3v) is 4.23. The van der Waals surface area contributed by atoms with Gasteiger partial charge < -0.3 is 9.47 Å². The van der Waals surface area contributed by atoms with Crippen LogP contribution in [0.25, 0.3) is 0 Å². The molecular formula is C17H26F6O4. The van der Waals surface area contributed by atoms with Gasteiger partial charge in [-0.15, -0.1) is 0 Å². The first-order valence-electron chi connectivity index (χ1n) is 8.50. The van der Waals surface area contributed by atoms with Gasteiger partial charge in [0, 0.05) is 0 Å². The van der Waals surface area contributed by atoms with E-state index >= 15 is 0 Å². The van der Waals surface area contributed by atoms with Crippen LogP contribution in [-0.2, 0) is 19.1 Å². The summed E-state index contributed by atoms with van der Waals surface area (Å²) in [6.07, 6.45) is -15.4. The number of carbonyl (C=O) groups excluding carboxylic acids is 2. The zero-order valence-electron chi connectivity index (χ0n) is 16.0. The van der Waals surface area contributed by atoms with E-state index < -0.39 is 49.3 Å². The number of carbonyl (C=O) groups is 2. The van der Waals surface area contributed by atoms with Crippen molar-refractivity contribution in [2.45, 2.75) is 72.3 Å². The van der Waals surface area contributed by atoms with Gasteiger partial charge in [-0.25, -0.2) is 0 Å². The predicted molar refractivity (Wildman–Crippen MR) is 84.6 cm³/mol. The number of alkyl halides is 6. The average Bonchev–Trinajstić information content (AvgIpc) is 2.47. The predicted octanol–water partition coefficient (Wildman–Crippen LogP) is 5.05. The van der Waals surface area contributed by atoms with E-state index in [1.54, 1.807) is 13.8 Å². The standard InChI is InChI=1S/C17H26F6O4/c1-6-15(4,5)9-11(10(2)3)13(25)26-8-7-12(24)27-14(16(18,19)20)17(21,22)23/h10-11,14H,6-9H2,1-5H3. The molecule has 0 aliphatic rings. The Morgan fingerprint density at radius 3 is 1.81 bits per heavy atom. The van der Waals surface area contributed by atoms with Gasteiger partial charge in [0.2, 0.25) is 0 Å². The Hall–Kier alpha value is -1.48. The lowest BCUT2D eigenvalue weighted by Gasteiger charge is -2.29. The molecule has 0 aromatic carbocycles. The van der Waals surface area contributed by atoms with Gasteiger partial charge in [-0.3, -0.25) is 9.59 Å². The molecule has 0 fully saturated rings. The number of halogens is 6. The van der Waals surface area contributed by atoms with E-state index in [1.807, 2.05) is 20.8 Å². The Balaban J connectivity index is 4.71. The first-order valence-corrected chi connectivity index (χ1v) is 8.50. The molecule has 0 saturated carbocycles. The average molecular weight is 408 g/mol. The monoisotopic (exact) mass is 408 g/mol. The van der Waals surface area contributed by atoms with Crippen LogP contribution in [0, 0.1) is 17.3 Å². The molecule has 0 rings (SSSR count). The lowest BCUT2D eigenvalue weighted by atomic mass is 9.77. The highest BCUT2D eigenvalue weighted by Gasteiger charge is 2.59. The summed E-state index contributed by atoms with van der Waals surface area (Å²) >= 11 is 0. The van der Waals surface area contributed by atoms with Crippen molar-refractivity contribution in [3.8, 4) is 0 Å². The summed E-state index contributed by atoms with van der Waals surface area (Å²) in [5, 5.41) is 0. The molecule has 0 bridgehead atoms. The van der Waals surface area contributed by atoms with Crippen molar-refractivity contribution in [1.29, 1.82) is 0 Å². The molecule has 0 aromatic rings. The van der Waals surface area contributed by atoms with Crippen molar-refractivity contribution in [3.63, 3.8) is 0 Å². The molecule has 1 atom stereocenters. The van der Waals surface area contributed by atoms with Crippen LogP contribution in [0.3, 0.4) is 0 Å². The minimum Gasteiger partial charge on any atom is -0.465 e. The third kappa shape index (κ3) is 9.32. The Bertz CT molecular complexity index is 483. The Labute approximate surface area is 154 Å². The van der Waals surface area contributed by atoms with Gasteiger partial charge in [0.05, 0.1) is 12.3 Å². The third-order valence-electron chi connectivity index (χ3n) is 4.23. The summed E-state index contributed by atoms with van der Waals surface area (Å²) in [4.78, 5) is 23.5. The summed E-state index contributed by atoms with van der Waals surface area (Å²) in [6.45, 7) is 8.81. The maximum absolute atomic E-state index is 12.3. The van der Waals surface area contributed by atoms with Crippen molar-refractivity contribution < 1.29 is 45.4 Å². The molecule has 0 aromatic heterocycles. The van der Waals surface area contributed by atoms with Gasteiger partial charge in [0.25, 0.3) is 6.10 Å². The van der Waals surface area contributed by atoms with Crippen LogP contribution in [0.1, 0.15) is 53.9 Å². The van der Waals surface area contributed by atoms with Crippen LogP contribution in [0.15, 0.2) is 0 Å². The van der Waals surface area contributed by atoms with Crippen LogP contribution in [0.5, 0.6) is 0 Å². The fraction of sp³-hybridized carbons (Fsp3) is 0.882. The largest absolute Gasteiger partial charge is 0.465 e. The molecule has 0 heterocycles. The van der Waals surface area contributed by atoms with Gasteiger partial charge >= 0.3 is 24.3 Å².